The molecule has 0 radical (unpaired) electrons. The number of nitrogens with zero attached hydrogens (tertiary/aromatic N) is 1. The fourth-order valence-corrected chi connectivity index (χ4v) is 1.76. The minimum atomic E-state index is -0.360. The van der Waals surface area contributed by atoms with Crippen LogP contribution in [-0.4, -0.2) is 24.1 Å². The second-order valence-electron chi connectivity index (χ2n) is 4.10. The molecular weight excluding hydrogens is 206 g/mol. The highest BCUT2D eigenvalue weighted by molar-refractivity contribution is 5.35. The molecule has 0 saturated carbocycles. The number of hydrogen-bond acceptors (Lipinski definition) is 4. The van der Waals surface area contributed by atoms with E-state index in [1.807, 2.05) is 13.0 Å². The molecule has 0 amide bonds. The van der Waals surface area contributed by atoms with E-state index >= 15 is 0 Å². The van der Waals surface area contributed by atoms with Crippen molar-refractivity contribution in [2.45, 2.75) is 19.0 Å². The van der Waals surface area contributed by atoms with Gasteiger partial charge in [0.05, 0.1) is 4.92 Å². The number of nitro benzene ring substituents is 1. The number of rotatable bonds is 4. The Morgan fingerprint density at radius 1 is 1.56 bits per heavy atom. The van der Waals surface area contributed by atoms with Crippen molar-refractivity contribution in [3.8, 4) is 0 Å². The highest BCUT2D eigenvalue weighted by atomic mass is 16.6. The van der Waals surface area contributed by atoms with E-state index in [2.05, 4.69) is 10.6 Å². The van der Waals surface area contributed by atoms with Crippen LogP contribution in [0.25, 0.3) is 0 Å². The summed E-state index contributed by atoms with van der Waals surface area (Å²) >= 11 is 0. The molecule has 2 rings (SSSR count). The summed E-state index contributed by atoms with van der Waals surface area (Å²) in [6, 6.07) is 7.41. The lowest BCUT2D eigenvalue weighted by Crippen LogP contribution is -2.55. The maximum atomic E-state index is 10.6. The van der Waals surface area contributed by atoms with Crippen molar-refractivity contribution in [1.29, 1.82) is 0 Å². The van der Waals surface area contributed by atoms with Crippen LogP contribution < -0.4 is 10.6 Å². The first-order valence-corrected chi connectivity index (χ1v) is 5.38. The third-order valence-corrected chi connectivity index (χ3v) is 2.85. The maximum absolute atomic E-state index is 10.6. The van der Waals surface area contributed by atoms with Gasteiger partial charge < -0.3 is 10.6 Å². The van der Waals surface area contributed by atoms with Gasteiger partial charge in [-0.1, -0.05) is 12.1 Å². The van der Waals surface area contributed by atoms with Crippen LogP contribution in [0.1, 0.15) is 18.5 Å². The standard InChI is InChI=1S/C11H15N3O2/c1-8(13-10-6-12-7-10)9-3-2-4-11(5-9)14(15)16/h2-5,8,10,12-13H,6-7H2,1H3. The number of non-ortho nitro benzene ring substituents is 1. The molecule has 86 valence electrons. The summed E-state index contributed by atoms with van der Waals surface area (Å²) < 4.78 is 0. The maximum Gasteiger partial charge on any atom is 0.269 e. The van der Waals surface area contributed by atoms with Crippen LogP contribution >= 0.6 is 0 Å². The van der Waals surface area contributed by atoms with Crippen LogP contribution in [0.5, 0.6) is 0 Å². The molecule has 16 heavy (non-hydrogen) atoms. The number of nitrogens with one attached hydrogen (secondary N) is 2. The molecule has 5 nitrogen and oxygen atoms in total. The lowest BCUT2D eigenvalue weighted by molar-refractivity contribution is -0.384. The fourth-order valence-electron chi connectivity index (χ4n) is 1.76. The Kier molecular flexibility index (Phi) is 3.17. The van der Waals surface area contributed by atoms with Crippen molar-refractivity contribution >= 4 is 5.69 Å². The minimum absolute atomic E-state index is 0.145. The molecule has 0 bridgehead atoms. The molecule has 0 aliphatic carbocycles. The summed E-state index contributed by atoms with van der Waals surface area (Å²) in [5, 5.41) is 17.2. The molecule has 0 spiro atoms. The molecule has 1 aromatic rings. The second-order valence-corrected chi connectivity index (χ2v) is 4.10. The predicted molar refractivity (Wildman–Crippen MR) is 61.3 cm³/mol. The van der Waals surface area contributed by atoms with Gasteiger partial charge in [0.2, 0.25) is 0 Å². The van der Waals surface area contributed by atoms with Crippen LogP contribution in [0.2, 0.25) is 0 Å². The van der Waals surface area contributed by atoms with Gasteiger partial charge in [-0.2, -0.15) is 0 Å². The molecule has 2 N–H and O–H groups in total. The summed E-state index contributed by atoms with van der Waals surface area (Å²) in [5.41, 5.74) is 1.11. The average molecular weight is 221 g/mol. The highest BCUT2D eigenvalue weighted by Crippen LogP contribution is 2.19. The van der Waals surface area contributed by atoms with Crippen molar-refractivity contribution in [1.82, 2.24) is 10.6 Å². The number of hydrogen-bond donors (Lipinski definition) is 2. The first kappa shape index (κ1) is 11.0. The van der Waals surface area contributed by atoms with Gasteiger partial charge in [-0.15, -0.1) is 0 Å². The molecule has 1 saturated heterocycles. The molecule has 1 heterocycles. The monoisotopic (exact) mass is 221 g/mol. The Morgan fingerprint density at radius 2 is 2.31 bits per heavy atom. The second kappa shape index (κ2) is 4.59. The van der Waals surface area contributed by atoms with Crippen molar-refractivity contribution in [3.05, 3.63) is 39.9 Å². The molecule has 1 unspecified atom stereocenters. The Labute approximate surface area is 94.0 Å². The van der Waals surface area contributed by atoms with E-state index in [9.17, 15) is 10.1 Å². The first-order valence-electron chi connectivity index (χ1n) is 5.38. The van der Waals surface area contributed by atoms with E-state index in [-0.39, 0.29) is 16.7 Å². The van der Waals surface area contributed by atoms with Crippen LogP contribution in [-0.2, 0) is 0 Å². The van der Waals surface area contributed by atoms with Gasteiger partial charge in [0.25, 0.3) is 5.69 Å². The van der Waals surface area contributed by atoms with Crippen LogP contribution in [0.4, 0.5) is 5.69 Å². The molecule has 0 aromatic heterocycles. The Morgan fingerprint density at radius 3 is 2.88 bits per heavy atom. The van der Waals surface area contributed by atoms with Gasteiger partial charge >= 0.3 is 0 Å². The smallest absolute Gasteiger partial charge is 0.269 e. The van der Waals surface area contributed by atoms with Gasteiger partial charge in [-0.25, -0.2) is 0 Å². The van der Waals surface area contributed by atoms with E-state index in [4.69, 9.17) is 0 Å². The van der Waals surface area contributed by atoms with Gasteiger partial charge in [0.15, 0.2) is 0 Å². The minimum Gasteiger partial charge on any atom is -0.314 e. The van der Waals surface area contributed by atoms with Crippen LogP contribution in [0.15, 0.2) is 24.3 Å². The van der Waals surface area contributed by atoms with Gasteiger partial charge in [-0.05, 0) is 12.5 Å². The van der Waals surface area contributed by atoms with E-state index in [0.29, 0.717) is 6.04 Å². The lowest BCUT2D eigenvalue weighted by atomic mass is 10.1. The van der Waals surface area contributed by atoms with Gasteiger partial charge in [-0.3, -0.25) is 10.1 Å². The molecule has 1 atom stereocenters. The lowest BCUT2D eigenvalue weighted by Gasteiger charge is -2.31. The summed E-state index contributed by atoms with van der Waals surface area (Å²) in [5.74, 6) is 0. The first-order chi connectivity index (χ1) is 7.66. The summed E-state index contributed by atoms with van der Waals surface area (Å²) in [7, 11) is 0. The van der Waals surface area contributed by atoms with Crippen molar-refractivity contribution in [2.24, 2.45) is 0 Å². The molecule has 1 fully saturated rings. The van der Waals surface area contributed by atoms with Crippen molar-refractivity contribution < 1.29 is 4.92 Å². The molecular formula is C11H15N3O2. The van der Waals surface area contributed by atoms with E-state index in [0.717, 1.165) is 18.7 Å². The largest absolute Gasteiger partial charge is 0.314 e. The zero-order valence-electron chi connectivity index (χ0n) is 9.14. The normalized spacial score (nSPS) is 17.8. The topological polar surface area (TPSA) is 67.2 Å². The Hall–Kier alpha value is -1.46. The number of nitro groups is 1. The zero-order chi connectivity index (χ0) is 11.5. The fraction of sp³-hybridized carbons (Fsp3) is 0.455. The molecule has 1 aromatic carbocycles. The summed E-state index contributed by atoms with van der Waals surface area (Å²) in [4.78, 5) is 10.3. The SMILES string of the molecule is CC(NC1CNC1)c1cccc([N+](=O)[O-])c1. The predicted octanol–water partition coefficient (Wildman–Crippen LogP) is 1.22. The zero-order valence-corrected chi connectivity index (χ0v) is 9.14. The quantitative estimate of drug-likeness (QED) is 0.592. The van der Waals surface area contributed by atoms with E-state index in [1.54, 1.807) is 12.1 Å². The molecule has 1 aliphatic heterocycles. The van der Waals surface area contributed by atoms with Gasteiger partial charge in [0, 0.05) is 37.3 Å². The average Bonchev–Trinajstić information content (AvgIpc) is 2.23. The number of benzene rings is 1. The van der Waals surface area contributed by atoms with Crippen LogP contribution in [0, 0.1) is 10.1 Å². The van der Waals surface area contributed by atoms with Crippen LogP contribution in [0.3, 0.4) is 0 Å². The van der Waals surface area contributed by atoms with Crippen molar-refractivity contribution in [2.75, 3.05) is 13.1 Å². The molecule has 1 aliphatic rings. The summed E-state index contributed by atoms with van der Waals surface area (Å²) in [6.45, 7) is 3.97. The third-order valence-electron chi connectivity index (χ3n) is 2.85. The van der Waals surface area contributed by atoms with E-state index < -0.39 is 0 Å². The Bertz CT molecular complexity index is 391. The molecule has 5 heteroatoms. The van der Waals surface area contributed by atoms with Crippen molar-refractivity contribution in [3.63, 3.8) is 0 Å². The highest BCUT2D eigenvalue weighted by Gasteiger charge is 2.19. The summed E-state index contributed by atoms with van der Waals surface area (Å²) in [6.07, 6.45) is 0. The van der Waals surface area contributed by atoms with E-state index in [1.165, 1.54) is 6.07 Å². The Balaban J connectivity index is 2.06. The van der Waals surface area contributed by atoms with Gasteiger partial charge in [0.1, 0.15) is 0 Å². The third kappa shape index (κ3) is 2.37.